The number of aliphatic hydroxyl groups is 1. The van der Waals surface area contributed by atoms with Gasteiger partial charge in [-0.1, -0.05) is 18.6 Å². The quantitative estimate of drug-likeness (QED) is 0.812. The predicted molar refractivity (Wildman–Crippen MR) is 57.2 cm³/mol. The molecule has 0 aliphatic heterocycles. The summed E-state index contributed by atoms with van der Waals surface area (Å²) in [5.74, 6) is 1.23. The average Bonchev–Trinajstić information content (AvgIpc) is 2.75. The van der Waals surface area contributed by atoms with E-state index in [1.54, 1.807) is 4.68 Å². The van der Waals surface area contributed by atoms with Gasteiger partial charge < -0.3 is 5.11 Å². The molecule has 1 aromatic rings. The van der Waals surface area contributed by atoms with E-state index in [0.29, 0.717) is 12.3 Å². The Bertz CT molecular complexity index is 323. The summed E-state index contributed by atoms with van der Waals surface area (Å²) in [6.07, 6.45) is 5.84. The van der Waals surface area contributed by atoms with E-state index >= 15 is 0 Å². The van der Waals surface area contributed by atoms with Gasteiger partial charge in [0.15, 0.2) is 0 Å². The van der Waals surface area contributed by atoms with E-state index in [9.17, 15) is 5.11 Å². The lowest BCUT2D eigenvalue weighted by atomic mass is 9.96. The summed E-state index contributed by atoms with van der Waals surface area (Å²) in [6.45, 7) is 2.26. The minimum atomic E-state index is -0.244. The molecule has 1 aromatic heterocycles. The lowest BCUT2D eigenvalue weighted by Crippen LogP contribution is -2.20. The summed E-state index contributed by atoms with van der Waals surface area (Å²) < 4.78 is 1.68. The molecule has 1 saturated carbocycles. The maximum Gasteiger partial charge on any atom is 0.0852 e. The minimum Gasteiger partial charge on any atom is -0.392 e. The number of hydrogen-bond acceptors (Lipinski definition) is 3. The van der Waals surface area contributed by atoms with E-state index in [0.717, 1.165) is 24.5 Å². The zero-order chi connectivity index (χ0) is 10.8. The zero-order valence-corrected chi connectivity index (χ0v) is 9.43. The first-order valence-corrected chi connectivity index (χ1v) is 5.68. The fourth-order valence-electron chi connectivity index (χ4n) is 2.47. The normalized spacial score (nSPS) is 28.2. The zero-order valence-electron chi connectivity index (χ0n) is 9.43. The van der Waals surface area contributed by atoms with Gasteiger partial charge in [0.1, 0.15) is 0 Å². The maximum absolute atomic E-state index is 10.1. The fraction of sp³-hybridized carbons (Fsp3) is 0.818. The van der Waals surface area contributed by atoms with Gasteiger partial charge in [-0.15, -0.1) is 5.10 Å². The number of aryl methyl sites for hydroxylation is 1. The summed E-state index contributed by atoms with van der Waals surface area (Å²) in [7, 11) is 1.85. The van der Waals surface area contributed by atoms with Gasteiger partial charge in [-0.3, -0.25) is 4.68 Å². The van der Waals surface area contributed by atoms with Crippen LogP contribution in [0.15, 0.2) is 6.20 Å². The molecule has 0 spiro atoms. The topological polar surface area (TPSA) is 50.9 Å². The molecular weight excluding hydrogens is 190 g/mol. The van der Waals surface area contributed by atoms with Crippen LogP contribution in [0.4, 0.5) is 0 Å². The fourth-order valence-corrected chi connectivity index (χ4v) is 2.47. The highest BCUT2D eigenvalue weighted by Gasteiger charge is 2.27. The Labute approximate surface area is 90.3 Å². The molecule has 2 rings (SSSR count). The lowest BCUT2D eigenvalue weighted by Gasteiger charge is -2.16. The Hall–Kier alpha value is -0.900. The Morgan fingerprint density at radius 2 is 2.40 bits per heavy atom. The van der Waals surface area contributed by atoms with Crippen LogP contribution in [0.2, 0.25) is 0 Å². The molecule has 0 amide bonds. The molecule has 1 aliphatic rings. The van der Waals surface area contributed by atoms with E-state index in [2.05, 4.69) is 17.2 Å². The van der Waals surface area contributed by atoms with Crippen molar-refractivity contribution in [3.63, 3.8) is 0 Å². The van der Waals surface area contributed by atoms with Gasteiger partial charge in [0.05, 0.1) is 11.8 Å². The molecule has 1 N–H and O–H groups in total. The van der Waals surface area contributed by atoms with E-state index in [4.69, 9.17) is 0 Å². The van der Waals surface area contributed by atoms with Gasteiger partial charge in [0, 0.05) is 19.7 Å². The van der Waals surface area contributed by atoms with Crippen LogP contribution in [0.3, 0.4) is 0 Å². The average molecular weight is 209 g/mol. The monoisotopic (exact) mass is 209 g/mol. The van der Waals surface area contributed by atoms with Crippen LogP contribution >= 0.6 is 0 Å². The van der Waals surface area contributed by atoms with Gasteiger partial charge >= 0.3 is 0 Å². The molecule has 0 aromatic carbocycles. The van der Waals surface area contributed by atoms with Gasteiger partial charge in [-0.05, 0) is 24.7 Å². The van der Waals surface area contributed by atoms with E-state index in [1.807, 2.05) is 13.2 Å². The van der Waals surface area contributed by atoms with Crippen LogP contribution < -0.4 is 0 Å². The van der Waals surface area contributed by atoms with Crippen LogP contribution in [0, 0.1) is 11.8 Å². The van der Waals surface area contributed by atoms with Gasteiger partial charge in [-0.2, -0.15) is 0 Å². The van der Waals surface area contributed by atoms with Crippen molar-refractivity contribution in [2.75, 3.05) is 0 Å². The third-order valence-corrected chi connectivity index (χ3v) is 3.35. The molecule has 15 heavy (non-hydrogen) atoms. The summed E-state index contributed by atoms with van der Waals surface area (Å²) in [6, 6.07) is 0. The predicted octanol–water partition coefficient (Wildman–Crippen LogP) is 1.15. The highest BCUT2D eigenvalue weighted by Crippen LogP contribution is 2.33. The number of rotatable bonds is 3. The standard InChI is InChI=1S/C11H19N3O/c1-8-3-4-9(5-8)11(15)6-10-7-14(2)13-12-10/h7-9,11,15H,3-6H2,1-2H3. The van der Waals surface area contributed by atoms with Crippen LogP contribution in [-0.2, 0) is 13.5 Å². The van der Waals surface area contributed by atoms with Crippen LogP contribution in [0.25, 0.3) is 0 Å². The molecule has 1 fully saturated rings. The van der Waals surface area contributed by atoms with Crippen molar-refractivity contribution in [3.05, 3.63) is 11.9 Å². The van der Waals surface area contributed by atoms with Gasteiger partial charge in [-0.25, -0.2) is 0 Å². The molecule has 0 saturated heterocycles. The smallest absolute Gasteiger partial charge is 0.0852 e. The van der Waals surface area contributed by atoms with E-state index in [-0.39, 0.29) is 6.10 Å². The second-order valence-corrected chi connectivity index (χ2v) is 4.83. The van der Waals surface area contributed by atoms with Crippen molar-refractivity contribution in [1.82, 2.24) is 15.0 Å². The third-order valence-electron chi connectivity index (χ3n) is 3.35. The molecule has 4 heteroatoms. The molecule has 1 aliphatic carbocycles. The second kappa shape index (κ2) is 4.31. The van der Waals surface area contributed by atoms with Crippen LogP contribution in [0.1, 0.15) is 31.9 Å². The van der Waals surface area contributed by atoms with Crippen molar-refractivity contribution >= 4 is 0 Å². The maximum atomic E-state index is 10.1. The molecule has 84 valence electrons. The molecule has 0 bridgehead atoms. The van der Waals surface area contributed by atoms with Crippen molar-refractivity contribution < 1.29 is 5.11 Å². The van der Waals surface area contributed by atoms with E-state index in [1.165, 1.54) is 6.42 Å². The SMILES string of the molecule is CC1CCC(C(O)Cc2cn(C)nn2)C1. The lowest BCUT2D eigenvalue weighted by molar-refractivity contribution is 0.108. The Kier molecular flexibility index (Phi) is 3.05. The molecule has 1 heterocycles. The first-order valence-electron chi connectivity index (χ1n) is 5.68. The van der Waals surface area contributed by atoms with Gasteiger partial charge in [0.25, 0.3) is 0 Å². The summed E-state index contributed by atoms with van der Waals surface area (Å²) >= 11 is 0. The number of aliphatic hydroxyl groups excluding tert-OH is 1. The number of nitrogens with zero attached hydrogens (tertiary/aromatic N) is 3. The van der Waals surface area contributed by atoms with Crippen molar-refractivity contribution in [2.24, 2.45) is 18.9 Å². The Balaban J connectivity index is 1.89. The Morgan fingerprint density at radius 3 is 2.93 bits per heavy atom. The highest BCUT2D eigenvalue weighted by molar-refractivity contribution is 4.96. The van der Waals surface area contributed by atoms with E-state index < -0.39 is 0 Å². The summed E-state index contributed by atoms with van der Waals surface area (Å²) in [4.78, 5) is 0. The molecule has 3 atom stereocenters. The van der Waals surface area contributed by atoms with Crippen molar-refractivity contribution in [1.29, 1.82) is 0 Å². The number of hydrogen-bond donors (Lipinski definition) is 1. The molecule has 0 radical (unpaired) electrons. The first kappa shape index (κ1) is 10.6. The minimum absolute atomic E-state index is 0.244. The number of aromatic nitrogens is 3. The van der Waals surface area contributed by atoms with Gasteiger partial charge in [0.2, 0.25) is 0 Å². The largest absolute Gasteiger partial charge is 0.392 e. The highest BCUT2D eigenvalue weighted by atomic mass is 16.3. The molecular formula is C11H19N3O. The third kappa shape index (κ3) is 2.56. The van der Waals surface area contributed by atoms with Crippen molar-refractivity contribution in [2.45, 2.75) is 38.7 Å². The first-order chi connectivity index (χ1) is 7.15. The second-order valence-electron chi connectivity index (χ2n) is 4.83. The van der Waals surface area contributed by atoms with Crippen molar-refractivity contribution in [3.8, 4) is 0 Å². The summed E-state index contributed by atoms with van der Waals surface area (Å²) in [5.41, 5.74) is 0.893. The van der Waals surface area contributed by atoms with Crippen LogP contribution in [-0.4, -0.2) is 26.2 Å². The summed E-state index contributed by atoms with van der Waals surface area (Å²) in [5, 5.41) is 17.9. The molecule has 3 unspecified atom stereocenters. The van der Waals surface area contributed by atoms with Crippen LogP contribution in [0.5, 0.6) is 0 Å². The Morgan fingerprint density at radius 1 is 1.60 bits per heavy atom. The molecule has 4 nitrogen and oxygen atoms in total.